The molecular weight excluding hydrogens is 436 g/mol. The van der Waals surface area contributed by atoms with Crippen molar-refractivity contribution in [2.45, 2.75) is 88.1 Å². The Balaban J connectivity index is 1.85. The molecule has 30 heavy (non-hydrogen) atoms. The highest BCUT2D eigenvalue weighted by Crippen LogP contribution is 2.47. The number of nitrogens with zero attached hydrogens (tertiary/aromatic N) is 2. The molecule has 3 rings (SSSR count). The van der Waals surface area contributed by atoms with Gasteiger partial charge in [-0.15, -0.1) is 0 Å². The molecule has 3 aliphatic heterocycles. The third-order valence-corrected chi connectivity index (χ3v) is 5.76. The molecule has 0 radical (unpaired) electrons. The number of thioether (sulfide) groups is 1. The van der Waals surface area contributed by atoms with Crippen molar-refractivity contribution in [1.29, 1.82) is 0 Å². The zero-order valence-electron chi connectivity index (χ0n) is 17.2. The van der Waals surface area contributed by atoms with Crippen LogP contribution in [0.3, 0.4) is 0 Å². The lowest BCUT2D eigenvalue weighted by atomic mass is 9.94. The Hall–Kier alpha value is -1.15. The number of amidine groups is 1. The molecule has 0 bridgehead atoms. The van der Waals surface area contributed by atoms with E-state index in [1.54, 1.807) is 20.8 Å². The smallest absolute Gasteiger partial charge is 0.420 e. The van der Waals surface area contributed by atoms with Gasteiger partial charge in [-0.05, 0) is 39.1 Å². The van der Waals surface area contributed by atoms with Crippen molar-refractivity contribution in [3.8, 4) is 0 Å². The summed E-state index contributed by atoms with van der Waals surface area (Å²) in [5.74, 6) is -1.24. The van der Waals surface area contributed by atoms with Gasteiger partial charge >= 0.3 is 12.3 Å². The van der Waals surface area contributed by atoms with Gasteiger partial charge in [-0.3, -0.25) is 9.89 Å². The summed E-state index contributed by atoms with van der Waals surface area (Å²) in [7, 11) is 1.42. The lowest BCUT2D eigenvalue weighted by molar-refractivity contribution is -0.337. The van der Waals surface area contributed by atoms with E-state index < -0.39 is 59.6 Å². The van der Waals surface area contributed by atoms with E-state index in [1.807, 2.05) is 0 Å². The van der Waals surface area contributed by atoms with Crippen LogP contribution < -0.4 is 0 Å². The highest BCUT2D eigenvalue weighted by atomic mass is 32.2. The lowest BCUT2D eigenvalue weighted by Gasteiger charge is -2.40. The van der Waals surface area contributed by atoms with Gasteiger partial charge < -0.3 is 18.9 Å². The van der Waals surface area contributed by atoms with E-state index in [2.05, 4.69) is 9.93 Å². The number of carbonyl (C=O) groups is 1. The molecule has 0 saturated carbocycles. The predicted molar refractivity (Wildman–Crippen MR) is 97.3 cm³/mol. The minimum atomic E-state index is -5.03. The summed E-state index contributed by atoms with van der Waals surface area (Å²) in [6.45, 7) is 8.13. The van der Waals surface area contributed by atoms with Crippen molar-refractivity contribution < 1.29 is 46.4 Å². The van der Waals surface area contributed by atoms with Crippen LogP contribution in [0, 0.1) is 0 Å². The molecular formula is C17H24F4N2O6S. The van der Waals surface area contributed by atoms with Crippen LogP contribution in [0.1, 0.15) is 34.6 Å². The lowest BCUT2D eigenvalue weighted by Crippen LogP contribution is -2.60. The summed E-state index contributed by atoms with van der Waals surface area (Å²) in [6, 6.07) is -0.772. The normalized spacial score (nSPS) is 34.1. The van der Waals surface area contributed by atoms with Gasteiger partial charge in [0.05, 0.1) is 0 Å². The SMILES string of the molecule is CN(C(=O)OC(C)(C)C)C1=N[C@@H]2[C@H]3OC(C)(C)O[C@@H]3[C@@H]([C@@H](OF)C(F)(F)F)O[C@@H]2S1. The summed E-state index contributed by atoms with van der Waals surface area (Å²) in [5.41, 5.74) is -1.71. The first-order valence-corrected chi connectivity index (χ1v) is 10.1. The first kappa shape index (κ1) is 23.5. The molecule has 0 N–H and O–H groups in total. The Morgan fingerprint density at radius 2 is 1.83 bits per heavy atom. The van der Waals surface area contributed by atoms with Gasteiger partial charge in [0.2, 0.25) is 6.10 Å². The Labute approximate surface area is 175 Å². The molecule has 0 aromatic carbocycles. The van der Waals surface area contributed by atoms with Gasteiger partial charge in [-0.1, -0.05) is 11.8 Å². The Bertz CT molecular complexity index is 713. The third-order valence-electron chi connectivity index (χ3n) is 4.55. The fourth-order valence-electron chi connectivity index (χ4n) is 3.40. The van der Waals surface area contributed by atoms with Crippen LogP contribution >= 0.6 is 11.8 Å². The molecule has 2 saturated heterocycles. The number of hydrogen-bond acceptors (Lipinski definition) is 8. The number of fused-ring (bicyclic) bond motifs is 3. The van der Waals surface area contributed by atoms with E-state index in [0.717, 1.165) is 16.7 Å². The average molecular weight is 460 g/mol. The van der Waals surface area contributed by atoms with E-state index >= 15 is 0 Å². The van der Waals surface area contributed by atoms with Crippen LogP contribution in [0.15, 0.2) is 4.99 Å². The molecule has 3 heterocycles. The topological polar surface area (TPSA) is 78.8 Å². The van der Waals surface area contributed by atoms with E-state index in [-0.39, 0.29) is 5.17 Å². The third kappa shape index (κ3) is 4.69. The van der Waals surface area contributed by atoms with E-state index in [0.29, 0.717) is 0 Å². The second-order valence-electron chi connectivity index (χ2n) is 8.64. The van der Waals surface area contributed by atoms with Gasteiger partial charge in [0, 0.05) is 7.05 Å². The fraction of sp³-hybridized carbons (Fsp3) is 0.882. The van der Waals surface area contributed by atoms with Crippen molar-refractivity contribution in [3.05, 3.63) is 0 Å². The minimum Gasteiger partial charge on any atom is -0.443 e. The summed E-state index contributed by atoms with van der Waals surface area (Å²) in [6.07, 6.45) is -12.6. The molecule has 6 atom stereocenters. The molecule has 3 aliphatic rings. The Morgan fingerprint density at radius 1 is 1.23 bits per heavy atom. The zero-order chi connectivity index (χ0) is 22.6. The van der Waals surface area contributed by atoms with Crippen molar-refractivity contribution >= 4 is 23.0 Å². The molecule has 0 spiro atoms. The summed E-state index contributed by atoms with van der Waals surface area (Å²) in [4.78, 5) is 21.1. The second kappa shape index (κ2) is 7.76. The number of amides is 1. The molecule has 1 amide bonds. The standard InChI is InChI=1S/C17H24F4N2O6S/c1-15(2,3)28-14(24)23(6)13-22-7-8-9(27-16(4,5)26-8)10(25-12(7)30-13)11(29-21)17(18,19)20/h7-12H,1-6H3/t7-,8-,9+,10+,11-,12-/m1/s1. The van der Waals surface area contributed by atoms with Gasteiger partial charge in [0.1, 0.15) is 35.4 Å². The van der Waals surface area contributed by atoms with E-state index in [9.17, 15) is 22.5 Å². The van der Waals surface area contributed by atoms with Crippen LogP contribution in [0.2, 0.25) is 0 Å². The average Bonchev–Trinajstić information content (AvgIpc) is 3.11. The number of ether oxygens (including phenoxy) is 4. The number of halogens is 4. The molecule has 172 valence electrons. The van der Waals surface area contributed by atoms with Crippen LogP contribution in [-0.2, 0) is 23.9 Å². The Morgan fingerprint density at radius 3 is 2.37 bits per heavy atom. The molecule has 2 fully saturated rings. The van der Waals surface area contributed by atoms with E-state index in [1.165, 1.54) is 20.9 Å². The predicted octanol–water partition coefficient (Wildman–Crippen LogP) is 3.40. The quantitative estimate of drug-likeness (QED) is 0.585. The molecule has 0 aliphatic carbocycles. The summed E-state index contributed by atoms with van der Waals surface area (Å²) < 4.78 is 75.0. The first-order chi connectivity index (χ1) is 13.6. The maximum Gasteiger partial charge on any atom is 0.420 e. The fourth-order valence-corrected chi connectivity index (χ4v) is 4.56. The van der Waals surface area contributed by atoms with Gasteiger partial charge in [0.15, 0.2) is 11.0 Å². The highest BCUT2D eigenvalue weighted by molar-refractivity contribution is 8.14. The first-order valence-electron chi connectivity index (χ1n) is 9.19. The van der Waals surface area contributed by atoms with Crippen molar-refractivity contribution in [2.75, 3.05) is 7.05 Å². The highest BCUT2D eigenvalue weighted by Gasteiger charge is 2.63. The molecule has 8 nitrogen and oxygen atoms in total. The van der Waals surface area contributed by atoms with Crippen molar-refractivity contribution in [1.82, 2.24) is 4.90 Å². The Kier molecular flexibility index (Phi) is 6.09. The number of hydrogen-bond donors (Lipinski definition) is 0. The maximum absolute atomic E-state index is 13.3. The van der Waals surface area contributed by atoms with Gasteiger partial charge in [-0.2, -0.15) is 18.1 Å². The van der Waals surface area contributed by atoms with Crippen molar-refractivity contribution in [2.24, 2.45) is 4.99 Å². The van der Waals surface area contributed by atoms with Crippen LogP contribution in [-0.4, -0.2) is 76.7 Å². The summed E-state index contributed by atoms with van der Waals surface area (Å²) in [5, 5.41) is 0.177. The minimum absolute atomic E-state index is 0.177. The molecule has 0 aromatic heterocycles. The molecule has 0 unspecified atom stereocenters. The zero-order valence-corrected chi connectivity index (χ0v) is 18.0. The maximum atomic E-state index is 13.3. The largest absolute Gasteiger partial charge is 0.443 e. The monoisotopic (exact) mass is 460 g/mol. The molecule has 0 aromatic rings. The number of aliphatic imine (C=N–C) groups is 1. The van der Waals surface area contributed by atoms with Crippen molar-refractivity contribution in [3.63, 3.8) is 0 Å². The van der Waals surface area contributed by atoms with Crippen LogP contribution in [0.25, 0.3) is 0 Å². The number of alkyl halides is 3. The number of rotatable bonds is 2. The van der Waals surface area contributed by atoms with Gasteiger partial charge in [-0.25, -0.2) is 4.79 Å². The number of carbonyl (C=O) groups excluding carboxylic acids is 1. The van der Waals surface area contributed by atoms with Crippen LogP contribution in [0.4, 0.5) is 22.5 Å². The van der Waals surface area contributed by atoms with Gasteiger partial charge in [0.25, 0.3) is 0 Å². The van der Waals surface area contributed by atoms with E-state index in [4.69, 9.17) is 18.9 Å². The van der Waals surface area contributed by atoms with Crippen LogP contribution in [0.5, 0.6) is 0 Å². The summed E-state index contributed by atoms with van der Waals surface area (Å²) >= 11 is 0.920. The molecule has 13 heteroatoms. The second-order valence-corrected chi connectivity index (χ2v) is 9.71.